The molecule has 0 spiro atoms. The Bertz CT molecular complexity index is 828. The lowest BCUT2D eigenvalue weighted by molar-refractivity contribution is -0.120. The molecule has 0 saturated carbocycles. The standard InChI is InChI=1S/C20H21BrN2O4/c1-13-9-15(21)7-8-17(13)22-19(25)18-10-16(24)11-23(18)20(26)27-12-14-5-3-2-4-6-14/h2-9,16,18,24H,10-12H2,1H3,(H,22,25)/t16-,18+/m0/s1. The molecule has 2 amide bonds. The third kappa shape index (κ3) is 4.87. The summed E-state index contributed by atoms with van der Waals surface area (Å²) >= 11 is 3.39. The van der Waals surface area contributed by atoms with Gasteiger partial charge in [0.2, 0.25) is 5.91 Å². The van der Waals surface area contributed by atoms with Crippen LogP contribution < -0.4 is 5.32 Å². The molecule has 0 bridgehead atoms. The van der Waals surface area contributed by atoms with E-state index in [0.29, 0.717) is 5.69 Å². The number of carbonyl (C=O) groups is 2. The number of nitrogens with one attached hydrogen (secondary N) is 1. The second-order valence-corrected chi connectivity index (χ2v) is 7.46. The minimum Gasteiger partial charge on any atom is -0.445 e. The number of rotatable bonds is 4. The van der Waals surface area contributed by atoms with Gasteiger partial charge in [-0.05, 0) is 36.2 Å². The van der Waals surface area contributed by atoms with Gasteiger partial charge in [0.25, 0.3) is 0 Å². The maximum absolute atomic E-state index is 12.7. The Morgan fingerprint density at radius 1 is 1.26 bits per heavy atom. The Balaban J connectivity index is 1.65. The van der Waals surface area contributed by atoms with E-state index in [-0.39, 0.29) is 25.5 Å². The van der Waals surface area contributed by atoms with Gasteiger partial charge in [0.05, 0.1) is 12.6 Å². The summed E-state index contributed by atoms with van der Waals surface area (Å²) in [6, 6.07) is 14.1. The minimum absolute atomic E-state index is 0.0744. The van der Waals surface area contributed by atoms with E-state index < -0.39 is 18.2 Å². The molecular formula is C20H21BrN2O4. The SMILES string of the molecule is Cc1cc(Br)ccc1NC(=O)[C@H]1C[C@H](O)CN1C(=O)OCc1ccccc1. The highest BCUT2D eigenvalue weighted by molar-refractivity contribution is 9.10. The van der Waals surface area contributed by atoms with Gasteiger partial charge in [0.1, 0.15) is 12.6 Å². The van der Waals surface area contributed by atoms with Gasteiger partial charge in [0.15, 0.2) is 0 Å². The van der Waals surface area contributed by atoms with Crippen molar-refractivity contribution in [3.8, 4) is 0 Å². The molecule has 0 unspecified atom stereocenters. The normalized spacial score (nSPS) is 19.0. The molecule has 1 fully saturated rings. The Labute approximate surface area is 166 Å². The zero-order chi connectivity index (χ0) is 19.4. The number of aliphatic hydroxyl groups is 1. The van der Waals surface area contributed by atoms with Gasteiger partial charge < -0.3 is 15.2 Å². The number of halogens is 1. The number of hydrogen-bond donors (Lipinski definition) is 2. The number of hydrogen-bond acceptors (Lipinski definition) is 4. The van der Waals surface area contributed by atoms with Crippen LogP contribution in [-0.2, 0) is 16.1 Å². The molecule has 2 atom stereocenters. The van der Waals surface area contributed by atoms with E-state index in [9.17, 15) is 14.7 Å². The van der Waals surface area contributed by atoms with E-state index in [1.54, 1.807) is 6.07 Å². The van der Waals surface area contributed by atoms with Crippen LogP contribution in [0.15, 0.2) is 53.0 Å². The third-order valence-electron chi connectivity index (χ3n) is 4.47. The number of β-amino-alcohol motifs (C(OH)–C–C–N with tert-alkyl or cyclic N) is 1. The fraction of sp³-hybridized carbons (Fsp3) is 0.300. The number of benzene rings is 2. The van der Waals surface area contributed by atoms with Gasteiger partial charge >= 0.3 is 6.09 Å². The first kappa shape index (κ1) is 19.4. The summed E-state index contributed by atoms with van der Waals surface area (Å²) in [6.45, 7) is 2.08. The molecule has 2 aromatic carbocycles. The topological polar surface area (TPSA) is 78.9 Å². The Kier molecular flexibility index (Phi) is 6.13. The van der Waals surface area contributed by atoms with Crippen LogP contribution in [0, 0.1) is 6.92 Å². The lowest BCUT2D eigenvalue weighted by atomic mass is 10.1. The number of nitrogens with zero attached hydrogens (tertiary/aromatic N) is 1. The number of aryl methyl sites for hydroxylation is 1. The quantitative estimate of drug-likeness (QED) is 0.774. The molecule has 0 aromatic heterocycles. The van der Waals surface area contributed by atoms with Crippen molar-refractivity contribution in [1.82, 2.24) is 4.90 Å². The zero-order valence-electron chi connectivity index (χ0n) is 14.9. The maximum atomic E-state index is 12.7. The highest BCUT2D eigenvalue weighted by Gasteiger charge is 2.40. The summed E-state index contributed by atoms with van der Waals surface area (Å²) in [5, 5.41) is 12.8. The Morgan fingerprint density at radius 2 is 2.00 bits per heavy atom. The van der Waals surface area contributed by atoms with Gasteiger partial charge in [-0.1, -0.05) is 46.3 Å². The van der Waals surface area contributed by atoms with Crippen molar-refractivity contribution in [2.45, 2.75) is 32.1 Å². The summed E-state index contributed by atoms with van der Waals surface area (Å²) in [6.07, 6.45) is -1.18. The first-order chi connectivity index (χ1) is 12.9. The molecule has 0 radical (unpaired) electrons. The molecule has 1 heterocycles. The summed E-state index contributed by atoms with van der Waals surface area (Å²) in [4.78, 5) is 26.4. The average Bonchev–Trinajstić information content (AvgIpc) is 3.05. The molecule has 7 heteroatoms. The molecule has 1 aliphatic heterocycles. The van der Waals surface area contributed by atoms with E-state index in [0.717, 1.165) is 15.6 Å². The van der Waals surface area contributed by atoms with Crippen molar-refractivity contribution in [2.24, 2.45) is 0 Å². The van der Waals surface area contributed by atoms with Crippen molar-refractivity contribution in [3.63, 3.8) is 0 Å². The van der Waals surface area contributed by atoms with Crippen LogP contribution in [0.5, 0.6) is 0 Å². The number of amides is 2. The molecule has 1 saturated heterocycles. The van der Waals surface area contributed by atoms with E-state index in [1.807, 2.05) is 49.4 Å². The summed E-state index contributed by atoms with van der Waals surface area (Å²) in [7, 11) is 0. The molecular weight excluding hydrogens is 412 g/mol. The van der Waals surface area contributed by atoms with Crippen molar-refractivity contribution in [1.29, 1.82) is 0 Å². The van der Waals surface area contributed by atoms with E-state index >= 15 is 0 Å². The zero-order valence-corrected chi connectivity index (χ0v) is 16.5. The smallest absolute Gasteiger partial charge is 0.410 e. The number of aliphatic hydroxyl groups excluding tert-OH is 1. The second kappa shape index (κ2) is 8.54. The maximum Gasteiger partial charge on any atom is 0.410 e. The third-order valence-corrected chi connectivity index (χ3v) is 4.96. The van der Waals surface area contributed by atoms with Gasteiger partial charge in [0, 0.05) is 16.6 Å². The van der Waals surface area contributed by atoms with Crippen LogP contribution in [0.4, 0.5) is 10.5 Å². The largest absolute Gasteiger partial charge is 0.445 e. The first-order valence-corrected chi connectivity index (χ1v) is 9.45. The molecule has 6 nitrogen and oxygen atoms in total. The van der Waals surface area contributed by atoms with Crippen LogP contribution in [0.3, 0.4) is 0 Å². The van der Waals surface area contributed by atoms with Gasteiger partial charge in [-0.25, -0.2) is 4.79 Å². The number of likely N-dealkylation sites (tertiary alicyclic amines) is 1. The highest BCUT2D eigenvalue weighted by atomic mass is 79.9. The molecule has 0 aliphatic carbocycles. The summed E-state index contributed by atoms with van der Waals surface area (Å²) in [5.41, 5.74) is 2.42. The van der Waals surface area contributed by atoms with Crippen molar-refractivity contribution < 1.29 is 19.4 Å². The molecule has 1 aliphatic rings. The molecule has 142 valence electrons. The van der Waals surface area contributed by atoms with Crippen molar-refractivity contribution in [2.75, 3.05) is 11.9 Å². The van der Waals surface area contributed by atoms with Crippen molar-refractivity contribution in [3.05, 3.63) is 64.1 Å². The van der Waals surface area contributed by atoms with Gasteiger partial charge in [-0.2, -0.15) is 0 Å². The van der Waals surface area contributed by atoms with E-state index in [2.05, 4.69) is 21.2 Å². The lowest BCUT2D eigenvalue weighted by Crippen LogP contribution is -2.43. The van der Waals surface area contributed by atoms with Crippen molar-refractivity contribution >= 4 is 33.6 Å². The lowest BCUT2D eigenvalue weighted by Gasteiger charge is -2.23. The number of anilines is 1. The Hall–Kier alpha value is -2.38. The predicted octanol–water partition coefficient (Wildman–Crippen LogP) is 3.47. The molecule has 2 N–H and O–H groups in total. The average molecular weight is 433 g/mol. The second-order valence-electron chi connectivity index (χ2n) is 6.55. The molecule has 2 aromatic rings. The monoisotopic (exact) mass is 432 g/mol. The minimum atomic E-state index is -0.772. The van der Waals surface area contributed by atoms with Crippen LogP contribution in [0.2, 0.25) is 0 Å². The van der Waals surface area contributed by atoms with Crippen LogP contribution in [0.1, 0.15) is 17.5 Å². The predicted molar refractivity (Wildman–Crippen MR) is 105 cm³/mol. The highest BCUT2D eigenvalue weighted by Crippen LogP contribution is 2.24. The molecule has 3 rings (SSSR count). The summed E-state index contributed by atoms with van der Waals surface area (Å²) in [5.74, 6) is -0.339. The first-order valence-electron chi connectivity index (χ1n) is 8.66. The van der Waals surface area contributed by atoms with E-state index in [4.69, 9.17) is 4.74 Å². The van der Waals surface area contributed by atoms with Crippen LogP contribution in [0.25, 0.3) is 0 Å². The fourth-order valence-corrected chi connectivity index (χ4v) is 3.53. The Morgan fingerprint density at radius 3 is 2.70 bits per heavy atom. The molecule has 27 heavy (non-hydrogen) atoms. The van der Waals surface area contributed by atoms with Gasteiger partial charge in [-0.15, -0.1) is 0 Å². The summed E-state index contributed by atoms with van der Waals surface area (Å²) < 4.78 is 6.24. The number of ether oxygens (including phenoxy) is 1. The van der Waals surface area contributed by atoms with E-state index in [1.165, 1.54) is 4.90 Å². The van der Waals surface area contributed by atoms with Gasteiger partial charge in [-0.3, -0.25) is 9.69 Å². The number of carbonyl (C=O) groups excluding carboxylic acids is 2. The fourth-order valence-electron chi connectivity index (χ4n) is 3.05. The van der Waals surface area contributed by atoms with Crippen LogP contribution in [-0.4, -0.2) is 40.7 Å². The van der Waals surface area contributed by atoms with Crippen LogP contribution >= 0.6 is 15.9 Å².